The third kappa shape index (κ3) is 4.15. The van der Waals surface area contributed by atoms with Crippen molar-refractivity contribution in [2.45, 2.75) is 13.2 Å². The molecule has 0 radical (unpaired) electrons. The van der Waals surface area contributed by atoms with Crippen LogP contribution >= 0.6 is 0 Å². The van der Waals surface area contributed by atoms with Crippen molar-refractivity contribution in [2.75, 3.05) is 21.3 Å². The summed E-state index contributed by atoms with van der Waals surface area (Å²) in [5.74, 6) is -0.578. The SMILES string of the molecule is C=CC(=O)OC(C)[N+](OC)(OC)OC.[Cl-]. The average Bonchev–Trinajstić information content (AvgIpc) is 2.21. The molecule has 0 aromatic rings. The zero-order chi connectivity index (χ0) is 11.2. The van der Waals surface area contributed by atoms with E-state index in [1.807, 2.05) is 0 Å². The zero-order valence-corrected chi connectivity index (χ0v) is 9.98. The summed E-state index contributed by atoms with van der Waals surface area (Å²) in [6.45, 7) is 4.84. The molecule has 6 nitrogen and oxygen atoms in total. The molecule has 0 aliphatic rings. The number of hydrogen-bond acceptors (Lipinski definition) is 5. The van der Waals surface area contributed by atoms with Gasteiger partial charge in [-0.2, -0.15) is 0 Å². The number of hydrogen-bond donors (Lipinski definition) is 0. The fraction of sp³-hybridized carbons (Fsp3) is 0.625. The molecule has 0 amide bonds. The molecule has 0 heterocycles. The molecule has 90 valence electrons. The second kappa shape index (κ2) is 7.61. The van der Waals surface area contributed by atoms with Crippen molar-refractivity contribution in [3.05, 3.63) is 12.7 Å². The molecule has 0 aromatic carbocycles. The van der Waals surface area contributed by atoms with Crippen LogP contribution in [0.4, 0.5) is 0 Å². The van der Waals surface area contributed by atoms with E-state index in [1.165, 1.54) is 21.3 Å². The van der Waals surface area contributed by atoms with Crippen LogP contribution in [-0.4, -0.2) is 38.5 Å². The quantitative estimate of drug-likeness (QED) is 0.170. The lowest BCUT2D eigenvalue weighted by molar-refractivity contribution is -1.38. The minimum atomic E-state index is -0.763. The van der Waals surface area contributed by atoms with Crippen LogP contribution in [-0.2, 0) is 24.0 Å². The van der Waals surface area contributed by atoms with Crippen molar-refractivity contribution in [3.63, 3.8) is 0 Å². The predicted octanol–water partition coefficient (Wildman–Crippen LogP) is -2.43. The Labute approximate surface area is 95.2 Å². The monoisotopic (exact) mass is 241 g/mol. The Balaban J connectivity index is 0. The minimum Gasteiger partial charge on any atom is -1.00 e. The number of hydroxylamine groups is 3. The smallest absolute Gasteiger partial charge is 0.334 e. The van der Waals surface area contributed by atoms with Gasteiger partial charge in [0.2, 0.25) is 0 Å². The van der Waals surface area contributed by atoms with Crippen LogP contribution < -0.4 is 12.4 Å². The summed E-state index contributed by atoms with van der Waals surface area (Å²) in [5.41, 5.74) is 0. The van der Waals surface area contributed by atoms with E-state index in [9.17, 15) is 4.79 Å². The molecule has 0 saturated carbocycles. The summed E-state index contributed by atoms with van der Waals surface area (Å²) >= 11 is 0. The van der Waals surface area contributed by atoms with Crippen LogP contribution in [0.3, 0.4) is 0 Å². The van der Waals surface area contributed by atoms with Crippen LogP contribution in [0.5, 0.6) is 0 Å². The van der Waals surface area contributed by atoms with E-state index in [-0.39, 0.29) is 12.4 Å². The molecule has 15 heavy (non-hydrogen) atoms. The second-order valence-electron chi connectivity index (χ2n) is 2.33. The van der Waals surface area contributed by atoms with Gasteiger partial charge in [-0.05, 0) is 0 Å². The number of nitrogens with zero attached hydrogens (tertiary/aromatic N) is 1. The Morgan fingerprint density at radius 1 is 1.27 bits per heavy atom. The number of halogens is 1. The lowest BCUT2D eigenvalue weighted by Gasteiger charge is -2.28. The van der Waals surface area contributed by atoms with E-state index in [2.05, 4.69) is 6.58 Å². The Bertz CT molecular complexity index is 199. The standard InChI is InChI=1S/C8H16NO5.ClH/c1-6-8(10)14-7(2)9(11-3,12-4)13-5;/h6-7H,1H2,2-5H3;1H/q+1;/p-1. The van der Waals surface area contributed by atoms with Crippen molar-refractivity contribution in [1.29, 1.82) is 0 Å². The van der Waals surface area contributed by atoms with Gasteiger partial charge in [-0.25, -0.2) is 4.79 Å². The molecular formula is C8H16ClNO5. The van der Waals surface area contributed by atoms with E-state index in [0.29, 0.717) is 0 Å². The zero-order valence-electron chi connectivity index (χ0n) is 9.23. The Morgan fingerprint density at radius 3 is 1.93 bits per heavy atom. The summed E-state index contributed by atoms with van der Waals surface area (Å²) in [6, 6.07) is 0. The third-order valence-electron chi connectivity index (χ3n) is 1.66. The van der Waals surface area contributed by atoms with Crippen LogP contribution in [0.1, 0.15) is 6.92 Å². The van der Waals surface area contributed by atoms with Gasteiger partial charge in [0.05, 0.1) is 0 Å². The first-order valence-corrected chi connectivity index (χ1v) is 3.95. The first kappa shape index (κ1) is 16.8. The maximum atomic E-state index is 10.9. The maximum Gasteiger partial charge on any atom is 0.334 e. The summed E-state index contributed by atoms with van der Waals surface area (Å²) in [6.07, 6.45) is 0.284. The van der Waals surface area contributed by atoms with Gasteiger partial charge in [-0.15, -0.1) is 14.5 Å². The van der Waals surface area contributed by atoms with Gasteiger partial charge < -0.3 is 17.1 Å². The fourth-order valence-corrected chi connectivity index (χ4v) is 0.950. The minimum absolute atomic E-state index is 0. The number of rotatable bonds is 6. The first-order valence-electron chi connectivity index (χ1n) is 3.95. The Morgan fingerprint density at radius 2 is 1.67 bits per heavy atom. The molecule has 0 rings (SSSR count). The number of esters is 1. The largest absolute Gasteiger partial charge is 1.00 e. The van der Waals surface area contributed by atoms with Crippen molar-refractivity contribution in [1.82, 2.24) is 0 Å². The average molecular weight is 242 g/mol. The van der Waals surface area contributed by atoms with Crippen LogP contribution in [0.25, 0.3) is 0 Å². The number of ether oxygens (including phenoxy) is 1. The molecule has 0 aliphatic heterocycles. The van der Waals surface area contributed by atoms with Crippen molar-refractivity contribution >= 4 is 5.97 Å². The van der Waals surface area contributed by atoms with Gasteiger partial charge in [-0.1, -0.05) is 6.58 Å². The Hall–Kier alpha value is -0.660. The molecule has 0 fully saturated rings. The number of carbonyl (C=O) groups is 1. The topological polar surface area (TPSA) is 54.0 Å². The van der Waals surface area contributed by atoms with Crippen LogP contribution in [0.2, 0.25) is 0 Å². The second-order valence-corrected chi connectivity index (χ2v) is 2.33. The van der Waals surface area contributed by atoms with Crippen LogP contribution in [0, 0.1) is 0 Å². The summed E-state index contributed by atoms with van der Waals surface area (Å²) in [7, 11) is 4.10. The molecule has 7 heteroatoms. The molecule has 0 aliphatic carbocycles. The molecular weight excluding hydrogens is 226 g/mol. The molecule has 0 N–H and O–H groups in total. The molecule has 0 spiro atoms. The maximum absolute atomic E-state index is 10.9. The van der Waals surface area contributed by atoms with Gasteiger partial charge in [0.1, 0.15) is 26.3 Å². The lowest BCUT2D eigenvalue weighted by atomic mass is 10.6. The highest BCUT2D eigenvalue weighted by molar-refractivity contribution is 5.81. The van der Waals surface area contributed by atoms with Crippen molar-refractivity contribution in [3.8, 4) is 0 Å². The molecule has 0 aromatic heterocycles. The molecule has 1 unspecified atom stereocenters. The van der Waals surface area contributed by atoms with Gasteiger partial charge in [0.25, 0.3) is 0 Å². The van der Waals surface area contributed by atoms with Crippen molar-refractivity contribution < 1.29 is 41.4 Å². The number of carbonyl (C=O) groups excluding carboxylic acids is 1. The van der Waals surface area contributed by atoms with Crippen molar-refractivity contribution in [2.24, 2.45) is 0 Å². The lowest BCUT2D eigenvalue weighted by Crippen LogP contribution is -3.00. The van der Waals surface area contributed by atoms with E-state index in [0.717, 1.165) is 6.08 Å². The highest BCUT2D eigenvalue weighted by atomic mass is 35.5. The first-order chi connectivity index (χ1) is 6.56. The summed E-state index contributed by atoms with van der Waals surface area (Å²) in [5, 5.41) is 0. The van der Waals surface area contributed by atoms with E-state index < -0.39 is 17.2 Å². The summed E-state index contributed by atoms with van der Waals surface area (Å²) < 4.78 is 4.88. The predicted molar refractivity (Wildman–Crippen MR) is 47.0 cm³/mol. The Kier molecular flexibility index (Phi) is 8.50. The highest BCUT2D eigenvalue weighted by Crippen LogP contribution is 2.15. The fourth-order valence-electron chi connectivity index (χ4n) is 0.950. The van der Waals surface area contributed by atoms with Gasteiger partial charge >= 0.3 is 12.2 Å². The highest BCUT2D eigenvalue weighted by Gasteiger charge is 2.41. The van der Waals surface area contributed by atoms with Gasteiger partial charge in [0.15, 0.2) is 0 Å². The van der Waals surface area contributed by atoms with E-state index in [4.69, 9.17) is 19.2 Å². The molecule has 1 atom stereocenters. The molecule has 0 bridgehead atoms. The molecule has 0 saturated heterocycles. The van der Waals surface area contributed by atoms with Crippen LogP contribution in [0.15, 0.2) is 12.7 Å². The summed E-state index contributed by atoms with van der Waals surface area (Å²) in [4.78, 5) is 25.0. The normalized spacial score (nSPS) is 12.5. The third-order valence-corrected chi connectivity index (χ3v) is 1.66. The van der Waals surface area contributed by atoms with Gasteiger partial charge in [0, 0.05) is 13.0 Å². The number of quaternary nitrogens is 1. The van der Waals surface area contributed by atoms with E-state index in [1.54, 1.807) is 6.92 Å². The van der Waals surface area contributed by atoms with E-state index >= 15 is 0 Å². The van der Waals surface area contributed by atoms with Gasteiger partial charge in [-0.3, -0.25) is 0 Å².